The number of hydrogen-bond acceptors (Lipinski definition) is 7. The minimum absolute atomic E-state index is 0.0915. The molecule has 2 aromatic rings. The van der Waals surface area contributed by atoms with Crippen molar-refractivity contribution in [2.45, 2.75) is 101 Å². The largest absolute Gasteiger partial charge is 0.490 e. The number of ether oxygens (including phenoxy) is 2. The summed E-state index contributed by atoms with van der Waals surface area (Å²) in [5.74, 6) is -0.254. The SMILES string of the molecule is C[C@@H]1CCCCO[C@@H](CN(C)S(=O)(=O)c2ccccc2)[C@H](C)CN([C@H](C)CO)C(=O)c2cc(NC(=O)NC3CCCCC3)ccc2O1. The fourth-order valence-electron chi connectivity index (χ4n) is 6.19. The van der Waals surface area contributed by atoms with E-state index in [0.717, 1.165) is 44.9 Å². The molecule has 1 aliphatic heterocycles. The van der Waals surface area contributed by atoms with E-state index in [-0.39, 0.29) is 60.2 Å². The van der Waals surface area contributed by atoms with Crippen molar-refractivity contribution in [2.24, 2.45) is 5.92 Å². The molecule has 1 heterocycles. The Morgan fingerprint density at radius 1 is 1.04 bits per heavy atom. The van der Waals surface area contributed by atoms with Crippen LogP contribution in [0.25, 0.3) is 0 Å². The molecule has 0 saturated heterocycles. The van der Waals surface area contributed by atoms with Crippen LogP contribution < -0.4 is 15.4 Å². The summed E-state index contributed by atoms with van der Waals surface area (Å²) >= 11 is 0. The van der Waals surface area contributed by atoms with Crippen LogP contribution in [0, 0.1) is 5.92 Å². The summed E-state index contributed by atoms with van der Waals surface area (Å²) in [5, 5.41) is 16.2. The van der Waals surface area contributed by atoms with Crippen LogP contribution in [0.5, 0.6) is 5.75 Å². The molecule has 0 aromatic heterocycles. The molecule has 260 valence electrons. The predicted octanol–water partition coefficient (Wildman–Crippen LogP) is 5.26. The van der Waals surface area contributed by atoms with Crippen LogP contribution in [0.15, 0.2) is 53.4 Å². The molecule has 47 heavy (non-hydrogen) atoms. The number of nitrogens with zero attached hydrogens (tertiary/aromatic N) is 2. The summed E-state index contributed by atoms with van der Waals surface area (Å²) in [6.07, 6.45) is 6.85. The zero-order valence-corrected chi connectivity index (χ0v) is 29.0. The van der Waals surface area contributed by atoms with Gasteiger partial charge in [0.1, 0.15) is 5.75 Å². The molecule has 4 rings (SSSR count). The van der Waals surface area contributed by atoms with Crippen molar-refractivity contribution in [1.29, 1.82) is 0 Å². The summed E-state index contributed by atoms with van der Waals surface area (Å²) in [5.41, 5.74) is 0.736. The van der Waals surface area contributed by atoms with Crippen molar-refractivity contribution in [3.63, 3.8) is 0 Å². The zero-order valence-electron chi connectivity index (χ0n) is 28.2. The number of urea groups is 1. The number of nitrogens with one attached hydrogen (secondary N) is 2. The highest BCUT2D eigenvalue weighted by Crippen LogP contribution is 2.29. The summed E-state index contributed by atoms with van der Waals surface area (Å²) in [6, 6.07) is 12.6. The summed E-state index contributed by atoms with van der Waals surface area (Å²) in [4.78, 5) is 29.0. The van der Waals surface area contributed by atoms with E-state index in [1.165, 1.54) is 17.8 Å². The quantitative estimate of drug-likeness (QED) is 0.348. The van der Waals surface area contributed by atoms with Crippen molar-refractivity contribution < 1.29 is 32.6 Å². The normalized spacial score (nSPS) is 22.9. The third-order valence-electron chi connectivity index (χ3n) is 9.14. The van der Waals surface area contributed by atoms with Gasteiger partial charge in [0, 0.05) is 44.4 Å². The van der Waals surface area contributed by atoms with Crippen LogP contribution in [0.1, 0.15) is 82.5 Å². The number of sulfonamides is 1. The lowest BCUT2D eigenvalue weighted by Crippen LogP contribution is -2.48. The second-order valence-electron chi connectivity index (χ2n) is 13.0. The maximum Gasteiger partial charge on any atom is 0.319 e. The summed E-state index contributed by atoms with van der Waals surface area (Å²) in [6.45, 7) is 6.08. The third-order valence-corrected chi connectivity index (χ3v) is 11.0. The molecule has 1 aliphatic carbocycles. The fraction of sp³-hybridized carbons (Fsp3) is 0.600. The molecule has 12 heteroatoms. The van der Waals surface area contributed by atoms with E-state index < -0.39 is 22.2 Å². The Morgan fingerprint density at radius 2 is 1.74 bits per heavy atom. The van der Waals surface area contributed by atoms with E-state index in [1.54, 1.807) is 60.4 Å². The van der Waals surface area contributed by atoms with E-state index >= 15 is 0 Å². The molecule has 3 N–H and O–H groups in total. The average molecular weight is 673 g/mol. The van der Waals surface area contributed by atoms with Gasteiger partial charge < -0.3 is 30.1 Å². The number of carbonyl (C=O) groups excluding carboxylic acids is 2. The number of aliphatic hydroxyl groups excluding tert-OH is 1. The first-order valence-electron chi connectivity index (χ1n) is 16.9. The van der Waals surface area contributed by atoms with Crippen LogP contribution in [-0.4, -0.2) is 92.3 Å². The van der Waals surface area contributed by atoms with E-state index in [9.17, 15) is 23.1 Å². The first kappa shape index (κ1) is 36.6. The van der Waals surface area contributed by atoms with E-state index in [1.807, 2.05) is 13.8 Å². The van der Waals surface area contributed by atoms with Gasteiger partial charge >= 0.3 is 6.03 Å². The van der Waals surface area contributed by atoms with Gasteiger partial charge in [-0.05, 0) is 76.3 Å². The van der Waals surface area contributed by atoms with Crippen molar-refractivity contribution in [3.05, 3.63) is 54.1 Å². The Labute approximate surface area is 280 Å². The van der Waals surface area contributed by atoms with Crippen molar-refractivity contribution in [3.8, 4) is 5.75 Å². The second kappa shape index (κ2) is 17.3. The van der Waals surface area contributed by atoms with Gasteiger partial charge in [-0.25, -0.2) is 13.2 Å². The first-order chi connectivity index (χ1) is 22.5. The van der Waals surface area contributed by atoms with Gasteiger partial charge in [0.25, 0.3) is 5.91 Å². The number of likely N-dealkylation sites (N-methyl/N-ethyl adjacent to an activating group) is 1. The van der Waals surface area contributed by atoms with Gasteiger partial charge in [-0.3, -0.25) is 4.79 Å². The Kier molecular flexibility index (Phi) is 13.5. The number of benzene rings is 2. The number of rotatable bonds is 8. The maximum absolute atomic E-state index is 14.3. The standard InChI is InChI=1S/C35H52N4O7S/c1-25-22-39(26(2)24-40)34(41)31-21-29(37-35(42)36-28-14-7-5-8-15-28)18-19-32(31)46-27(3)13-11-12-20-45-33(25)23-38(4)47(43,44)30-16-9-6-10-17-30/h6,9-10,16-19,21,25-28,33,40H,5,7-8,11-15,20,22-24H2,1-4H3,(H2,36,37,42)/t25-,26-,27-,33+/m1/s1. The molecule has 11 nitrogen and oxygen atoms in total. The fourth-order valence-corrected chi connectivity index (χ4v) is 7.39. The molecule has 4 atom stereocenters. The minimum atomic E-state index is -3.76. The topological polar surface area (TPSA) is 138 Å². The molecule has 0 unspecified atom stereocenters. The third kappa shape index (κ3) is 10.2. The highest BCUT2D eigenvalue weighted by Gasteiger charge is 2.32. The van der Waals surface area contributed by atoms with Crippen LogP contribution in [0.3, 0.4) is 0 Å². The summed E-state index contributed by atoms with van der Waals surface area (Å²) < 4.78 is 40.6. The minimum Gasteiger partial charge on any atom is -0.490 e. The van der Waals surface area contributed by atoms with Crippen molar-refractivity contribution >= 4 is 27.6 Å². The molecule has 2 aliphatic rings. The Bertz CT molecular complexity index is 1420. The molecular weight excluding hydrogens is 620 g/mol. The van der Waals surface area contributed by atoms with Crippen LogP contribution in [-0.2, 0) is 14.8 Å². The lowest BCUT2D eigenvalue weighted by Gasteiger charge is -2.35. The van der Waals surface area contributed by atoms with Crippen molar-refractivity contribution in [1.82, 2.24) is 14.5 Å². The molecule has 2 aromatic carbocycles. The van der Waals surface area contributed by atoms with Crippen LogP contribution in [0.4, 0.5) is 10.5 Å². The number of fused-ring (bicyclic) bond motifs is 1. The molecular formula is C35H52N4O7S. The Balaban J connectivity index is 1.60. The van der Waals surface area contributed by atoms with Gasteiger partial charge in [-0.15, -0.1) is 0 Å². The van der Waals surface area contributed by atoms with Crippen LogP contribution >= 0.6 is 0 Å². The smallest absolute Gasteiger partial charge is 0.319 e. The molecule has 1 saturated carbocycles. The lowest BCUT2D eigenvalue weighted by molar-refractivity contribution is -0.00833. The molecule has 0 spiro atoms. The Hall–Kier alpha value is -3.19. The maximum atomic E-state index is 14.3. The van der Waals surface area contributed by atoms with E-state index in [0.29, 0.717) is 18.0 Å². The van der Waals surface area contributed by atoms with E-state index in [4.69, 9.17) is 9.47 Å². The monoisotopic (exact) mass is 672 g/mol. The molecule has 1 fully saturated rings. The highest BCUT2D eigenvalue weighted by atomic mass is 32.2. The van der Waals surface area contributed by atoms with Gasteiger partial charge in [-0.2, -0.15) is 4.31 Å². The number of anilines is 1. The summed E-state index contributed by atoms with van der Waals surface area (Å²) in [7, 11) is -2.22. The zero-order chi connectivity index (χ0) is 34.0. The van der Waals surface area contributed by atoms with Gasteiger partial charge in [0.05, 0.1) is 35.3 Å². The van der Waals surface area contributed by atoms with Gasteiger partial charge in [-0.1, -0.05) is 44.4 Å². The first-order valence-corrected chi connectivity index (χ1v) is 18.4. The number of amides is 3. The second-order valence-corrected chi connectivity index (χ2v) is 15.1. The van der Waals surface area contributed by atoms with Gasteiger partial charge in [0.2, 0.25) is 10.0 Å². The lowest BCUT2D eigenvalue weighted by atomic mass is 9.96. The van der Waals surface area contributed by atoms with Crippen molar-refractivity contribution in [2.75, 3.05) is 38.7 Å². The molecule has 0 radical (unpaired) electrons. The van der Waals surface area contributed by atoms with Gasteiger partial charge in [0.15, 0.2) is 0 Å². The number of carbonyl (C=O) groups is 2. The number of hydrogen-bond donors (Lipinski definition) is 3. The molecule has 0 bridgehead atoms. The van der Waals surface area contributed by atoms with E-state index in [2.05, 4.69) is 10.6 Å². The Morgan fingerprint density at radius 3 is 2.45 bits per heavy atom. The predicted molar refractivity (Wildman–Crippen MR) is 182 cm³/mol. The highest BCUT2D eigenvalue weighted by molar-refractivity contribution is 7.89. The number of aliphatic hydroxyl groups is 1. The van der Waals surface area contributed by atoms with Crippen LogP contribution in [0.2, 0.25) is 0 Å². The average Bonchev–Trinajstić information content (AvgIpc) is 3.06. The molecule has 3 amide bonds.